The fraction of sp³-hybridized carbons (Fsp3) is 0.909. The van der Waals surface area contributed by atoms with Crippen molar-refractivity contribution in [2.75, 3.05) is 39.3 Å². The van der Waals surface area contributed by atoms with E-state index in [1.165, 1.54) is 25.9 Å². The molecule has 0 aromatic carbocycles. The van der Waals surface area contributed by atoms with Crippen LogP contribution in [-0.2, 0) is 4.79 Å². The maximum absolute atomic E-state index is 11.8. The van der Waals surface area contributed by atoms with E-state index < -0.39 is 0 Å². The van der Waals surface area contributed by atoms with Crippen LogP contribution in [0, 0.1) is 0 Å². The van der Waals surface area contributed by atoms with Crippen LogP contribution in [0.4, 0.5) is 0 Å². The molecule has 0 radical (unpaired) electrons. The molecule has 2 aliphatic rings. The summed E-state index contributed by atoms with van der Waals surface area (Å²) in [7, 11) is 0. The summed E-state index contributed by atoms with van der Waals surface area (Å²) in [5.41, 5.74) is 0. The molecule has 1 amide bonds. The van der Waals surface area contributed by atoms with Gasteiger partial charge in [-0.05, 0) is 32.9 Å². The highest BCUT2D eigenvalue weighted by atomic mass is 16.2. The van der Waals surface area contributed by atoms with E-state index in [-0.39, 0.29) is 11.9 Å². The maximum Gasteiger partial charge on any atom is 0.239 e. The first kappa shape index (κ1) is 10.9. The topological polar surface area (TPSA) is 35.6 Å². The van der Waals surface area contributed by atoms with Gasteiger partial charge < -0.3 is 15.1 Å². The molecule has 0 spiro atoms. The quantitative estimate of drug-likeness (QED) is 0.708. The summed E-state index contributed by atoms with van der Waals surface area (Å²) in [6, 6.07) is 0.0114. The van der Waals surface area contributed by atoms with E-state index in [0.717, 1.165) is 26.2 Å². The van der Waals surface area contributed by atoms with E-state index in [4.69, 9.17) is 0 Å². The Kier molecular flexibility index (Phi) is 3.59. The monoisotopic (exact) mass is 211 g/mol. The lowest BCUT2D eigenvalue weighted by atomic mass is 10.2. The average Bonchev–Trinajstić information content (AvgIpc) is 2.73. The van der Waals surface area contributed by atoms with Gasteiger partial charge >= 0.3 is 0 Å². The third-order valence-corrected chi connectivity index (χ3v) is 3.40. The molecule has 15 heavy (non-hydrogen) atoms. The lowest BCUT2D eigenvalue weighted by Crippen LogP contribution is -2.55. The van der Waals surface area contributed by atoms with Crippen LogP contribution in [0.25, 0.3) is 0 Å². The second kappa shape index (κ2) is 4.94. The Bertz CT molecular complexity index is 226. The minimum absolute atomic E-state index is 0.0114. The maximum atomic E-state index is 11.8. The Labute approximate surface area is 91.6 Å². The van der Waals surface area contributed by atoms with Crippen molar-refractivity contribution >= 4 is 5.91 Å². The zero-order valence-electron chi connectivity index (χ0n) is 9.54. The molecule has 2 heterocycles. The Balaban J connectivity index is 1.75. The Morgan fingerprint density at radius 3 is 2.73 bits per heavy atom. The van der Waals surface area contributed by atoms with Crippen molar-refractivity contribution < 1.29 is 4.79 Å². The van der Waals surface area contributed by atoms with Crippen LogP contribution in [0.3, 0.4) is 0 Å². The van der Waals surface area contributed by atoms with E-state index in [1.54, 1.807) is 0 Å². The number of nitrogens with zero attached hydrogens (tertiary/aromatic N) is 2. The number of rotatable bonds is 3. The van der Waals surface area contributed by atoms with Gasteiger partial charge in [-0.15, -0.1) is 0 Å². The Hall–Kier alpha value is -0.610. The van der Waals surface area contributed by atoms with E-state index in [9.17, 15) is 4.79 Å². The molecule has 2 fully saturated rings. The minimum Gasteiger partial charge on any atom is -0.339 e. The number of amides is 1. The van der Waals surface area contributed by atoms with E-state index in [2.05, 4.69) is 10.2 Å². The molecule has 2 aliphatic heterocycles. The largest absolute Gasteiger partial charge is 0.339 e. The smallest absolute Gasteiger partial charge is 0.239 e. The number of hydrogen-bond acceptors (Lipinski definition) is 3. The van der Waals surface area contributed by atoms with Gasteiger partial charge in [0.1, 0.15) is 0 Å². The highest BCUT2D eigenvalue weighted by Gasteiger charge is 2.24. The predicted molar refractivity (Wildman–Crippen MR) is 59.7 cm³/mol. The summed E-state index contributed by atoms with van der Waals surface area (Å²) in [4.78, 5) is 16.2. The summed E-state index contributed by atoms with van der Waals surface area (Å²) in [6.07, 6.45) is 2.65. The van der Waals surface area contributed by atoms with Gasteiger partial charge in [-0.25, -0.2) is 0 Å². The molecular formula is C11H21N3O. The summed E-state index contributed by atoms with van der Waals surface area (Å²) in [6.45, 7) is 8.16. The van der Waals surface area contributed by atoms with Gasteiger partial charge in [-0.2, -0.15) is 0 Å². The lowest BCUT2D eigenvalue weighted by molar-refractivity contribution is -0.135. The van der Waals surface area contributed by atoms with Crippen molar-refractivity contribution in [2.24, 2.45) is 0 Å². The third-order valence-electron chi connectivity index (χ3n) is 3.40. The van der Waals surface area contributed by atoms with E-state index in [1.807, 2.05) is 11.8 Å². The molecule has 4 nitrogen and oxygen atoms in total. The fourth-order valence-corrected chi connectivity index (χ4v) is 2.38. The summed E-state index contributed by atoms with van der Waals surface area (Å²) >= 11 is 0. The van der Waals surface area contributed by atoms with Gasteiger partial charge in [-0.1, -0.05) is 0 Å². The lowest BCUT2D eigenvalue weighted by Gasteiger charge is -2.32. The summed E-state index contributed by atoms with van der Waals surface area (Å²) in [5.74, 6) is 0.264. The molecule has 4 heteroatoms. The second-order valence-corrected chi connectivity index (χ2v) is 4.55. The minimum atomic E-state index is 0.0114. The van der Waals surface area contributed by atoms with Gasteiger partial charge in [0.25, 0.3) is 0 Å². The normalized spacial score (nSPS) is 28.7. The first-order chi connectivity index (χ1) is 7.27. The van der Waals surface area contributed by atoms with Crippen molar-refractivity contribution in [3.05, 3.63) is 0 Å². The van der Waals surface area contributed by atoms with Gasteiger partial charge in [-0.3, -0.25) is 4.79 Å². The Morgan fingerprint density at radius 2 is 2.00 bits per heavy atom. The molecule has 1 N–H and O–H groups in total. The van der Waals surface area contributed by atoms with Crippen molar-refractivity contribution in [1.82, 2.24) is 15.1 Å². The van der Waals surface area contributed by atoms with Crippen LogP contribution >= 0.6 is 0 Å². The molecule has 0 aromatic heterocycles. The number of piperazine rings is 1. The van der Waals surface area contributed by atoms with Crippen molar-refractivity contribution in [3.63, 3.8) is 0 Å². The van der Waals surface area contributed by atoms with Crippen molar-refractivity contribution in [3.8, 4) is 0 Å². The molecule has 1 unspecified atom stereocenters. The van der Waals surface area contributed by atoms with Crippen LogP contribution in [0.1, 0.15) is 19.8 Å². The molecule has 86 valence electrons. The number of likely N-dealkylation sites (tertiary alicyclic amines) is 1. The third kappa shape index (κ3) is 2.69. The Morgan fingerprint density at radius 1 is 1.27 bits per heavy atom. The zero-order chi connectivity index (χ0) is 10.7. The zero-order valence-corrected chi connectivity index (χ0v) is 9.54. The van der Waals surface area contributed by atoms with E-state index >= 15 is 0 Å². The SMILES string of the molecule is CC1NCCN(CCN2CCCC2)C1=O. The molecule has 2 rings (SSSR count). The second-order valence-electron chi connectivity index (χ2n) is 4.55. The van der Waals surface area contributed by atoms with Crippen LogP contribution in [-0.4, -0.2) is 61.0 Å². The first-order valence-electron chi connectivity index (χ1n) is 6.02. The standard InChI is InChI=1S/C11H21N3O/c1-10-11(15)14(7-4-12-10)9-8-13-5-2-3-6-13/h10,12H,2-9H2,1H3. The summed E-state index contributed by atoms with van der Waals surface area (Å²) in [5, 5.41) is 3.18. The van der Waals surface area contributed by atoms with Crippen LogP contribution < -0.4 is 5.32 Å². The van der Waals surface area contributed by atoms with Crippen LogP contribution in [0.5, 0.6) is 0 Å². The fourth-order valence-electron chi connectivity index (χ4n) is 2.38. The van der Waals surface area contributed by atoms with Crippen molar-refractivity contribution in [2.45, 2.75) is 25.8 Å². The van der Waals surface area contributed by atoms with Crippen LogP contribution in [0.2, 0.25) is 0 Å². The van der Waals surface area contributed by atoms with Gasteiger partial charge in [0.2, 0.25) is 5.91 Å². The molecule has 0 saturated carbocycles. The predicted octanol–water partition coefficient (Wildman–Crippen LogP) is -0.0975. The number of hydrogen-bond donors (Lipinski definition) is 1. The first-order valence-corrected chi connectivity index (χ1v) is 6.02. The number of nitrogens with one attached hydrogen (secondary N) is 1. The number of carbonyl (C=O) groups is 1. The van der Waals surface area contributed by atoms with Gasteiger partial charge in [0.15, 0.2) is 0 Å². The molecule has 0 aromatic rings. The van der Waals surface area contributed by atoms with Gasteiger partial charge in [0, 0.05) is 26.2 Å². The average molecular weight is 211 g/mol. The molecule has 0 aliphatic carbocycles. The van der Waals surface area contributed by atoms with E-state index in [0.29, 0.717) is 0 Å². The van der Waals surface area contributed by atoms with Crippen LogP contribution in [0.15, 0.2) is 0 Å². The summed E-state index contributed by atoms with van der Waals surface area (Å²) < 4.78 is 0. The molecule has 0 bridgehead atoms. The molecule has 1 atom stereocenters. The number of carbonyl (C=O) groups excluding carboxylic acids is 1. The molecule has 2 saturated heterocycles. The van der Waals surface area contributed by atoms with Crippen molar-refractivity contribution in [1.29, 1.82) is 0 Å². The van der Waals surface area contributed by atoms with Gasteiger partial charge in [0.05, 0.1) is 6.04 Å². The highest BCUT2D eigenvalue weighted by molar-refractivity contribution is 5.82. The molecular weight excluding hydrogens is 190 g/mol. The highest BCUT2D eigenvalue weighted by Crippen LogP contribution is 2.08.